The summed E-state index contributed by atoms with van der Waals surface area (Å²) in [5.74, 6) is 0. The molecule has 0 amide bonds. The largest absolute Gasteiger partial charge is 0.394 e. The lowest BCUT2D eigenvalue weighted by molar-refractivity contribution is -0.0629. The summed E-state index contributed by atoms with van der Waals surface area (Å²) in [6.07, 6.45) is 6.70. The monoisotopic (exact) mass is 232 g/mol. The minimum Gasteiger partial charge on any atom is -0.394 e. The van der Waals surface area contributed by atoms with Gasteiger partial charge in [0, 0.05) is 6.61 Å². The summed E-state index contributed by atoms with van der Waals surface area (Å²) in [6, 6.07) is 0. The van der Waals surface area contributed by atoms with Crippen molar-refractivity contribution in [2.24, 2.45) is 0 Å². The number of rotatable bonds is 11. The molecule has 0 unspecified atom stereocenters. The van der Waals surface area contributed by atoms with Crippen molar-refractivity contribution in [3.05, 3.63) is 0 Å². The van der Waals surface area contributed by atoms with Crippen LogP contribution >= 0.6 is 0 Å². The van der Waals surface area contributed by atoms with E-state index in [-0.39, 0.29) is 12.7 Å². The van der Waals surface area contributed by atoms with Gasteiger partial charge in [-0.05, 0) is 12.8 Å². The Hall–Kier alpha value is -0.120. The average molecular weight is 232 g/mol. The average Bonchev–Trinajstić information content (AvgIpc) is 2.31. The molecule has 0 heterocycles. The maximum Gasteiger partial charge on any atom is 0.103 e. The van der Waals surface area contributed by atoms with Gasteiger partial charge in [-0.25, -0.2) is 0 Å². The van der Waals surface area contributed by atoms with E-state index in [9.17, 15) is 5.11 Å². The number of ether oxygens (including phenoxy) is 1. The van der Waals surface area contributed by atoms with Crippen molar-refractivity contribution in [1.82, 2.24) is 0 Å². The first-order valence-corrected chi connectivity index (χ1v) is 6.66. The van der Waals surface area contributed by atoms with Crippen molar-refractivity contribution >= 4 is 0 Å². The zero-order valence-electron chi connectivity index (χ0n) is 10.8. The summed E-state index contributed by atoms with van der Waals surface area (Å²) < 4.78 is 5.63. The van der Waals surface area contributed by atoms with Gasteiger partial charge < -0.3 is 14.9 Å². The van der Waals surface area contributed by atoms with Crippen LogP contribution in [0.4, 0.5) is 0 Å². The number of unbranched alkanes of at least 4 members (excludes halogenated alkanes) is 4. The van der Waals surface area contributed by atoms with Gasteiger partial charge in [-0.2, -0.15) is 0 Å². The number of aliphatic hydroxyl groups excluding tert-OH is 2. The van der Waals surface area contributed by atoms with E-state index in [1.54, 1.807) is 0 Å². The standard InChI is InChI=1S/C13H28O3/c1-3-5-7-9-13(12(15)11-14)16-10-8-6-4-2/h12-15H,3-11H2,1-2H3/t12-,13-/m0/s1. The van der Waals surface area contributed by atoms with Gasteiger partial charge in [-0.3, -0.25) is 0 Å². The van der Waals surface area contributed by atoms with Crippen LogP contribution in [0, 0.1) is 0 Å². The smallest absolute Gasteiger partial charge is 0.103 e. The minimum absolute atomic E-state index is 0.187. The molecule has 0 radical (unpaired) electrons. The van der Waals surface area contributed by atoms with Crippen molar-refractivity contribution in [1.29, 1.82) is 0 Å². The van der Waals surface area contributed by atoms with Gasteiger partial charge in [0.25, 0.3) is 0 Å². The number of aliphatic hydroxyl groups is 2. The Labute approximate surface area is 99.8 Å². The van der Waals surface area contributed by atoms with Crippen molar-refractivity contribution < 1.29 is 14.9 Å². The molecule has 2 N–H and O–H groups in total. The maximum absolute atomic E-state index is 9.60. The summed E-state index contributed by atoms with van der Waals surface area (Å²) >= 11 is 0. The zero-order valence-corrected chi connectivity index (χ0v) is 10.8. The molecule has 0 aliphatic rings. The van der Waals surface area contributed by atoms with Gasteiger partial charge in [0.15, 0.2) is 0 Å². The van der Waals surface area contributed by atoms with Crippen LogP contribution in [0.3, 0.4) is 0 Å². The SMILES string of the molecule is CCCCCO[C@@H](CCCCC)[C@@H](O)CO. The van der Waals surface area contributed by atoms with Gasteiger partial charge in [-0.1, -0.05) is 46.0 Å². The molecular formula is C13H28O3. The highest BCUT2D eigenvalue weighted by Crippen LogP contribution is 2.11. The van der Waals surface area contributed by atoms with Crippen molar-refractivity contribution in [2.75, 3.05) is 13.2 Å². The van der Waals surface area contributed by atoms with Crippen LogP contribution in [-0.2, 0) is 4.74 Å². The van der Waals surface area contributed by atoms with Gasteiger partial charge in [0.05, 0.1) is 12.7 Å². The first-order valence-electron chi connectivity index (χ1n) is 6.66. The molecule has 0 fully saturated rings. The molecule has 0 spiro atoms. The van der Waals surface area contributed by atoms with E-state index in [1.807, 2.05) is 0 Å². The lowest BCUT2D eigenvalue weighted by Gasteiger charge is -2.22. The van der Waals surface area contributed by atoms with Crippen LogP contribution in [0.2, 0.25) is 0 Å². The molecule has 0 aliphatic heterocycles. The Morgan fingerprint density at radius 2 is 1.62 bits per heavy atom. The Morgan fingerprint density at radius 3 is 2.19 bits per heavy atom. The summed E-state index contributed by atoms with van der Waals surface area (Å²) in [5, 5.41) is 18.5. The Kier molecular flexibility index (Phi) is 11.3. The van der Waals surface area contributed by atoms with Crippen LogP contribution < -0.4 is 0 Å². The van der Waals surface area contributed by atoms with E-state index in [4.69, 9.17) is 9.84 Å². The summed E-state index contributed by atoms with van der Waals surface area (Å²) in [6.45, 7) is 4.80. The van der Waals surface area contributed by atoms with Crippen LogP contribution in [0.15, 0.2) is 0 Å². The third-order valence-electron chi connectivity index (χ3n) is 2.79. The second kappa shape index (κ2) is 11.4. The van der Waals surface area contributed by atoms with E-state index in [1.165, 1.54) is 6.42 Å². The molecular weight excluding hydrogens is 204 g/mol. The molecule has 0 bridgehead atoms. The highest BCUT2D eigenvalue weighted by atomic mass is 16.5. The molecule has 0 aromatic heterocycles. The molecule has 0 aromatic rings. The predicted molar refractivity (Wildman–Crippen MR) is 66.5 cm³/mol. The summed E-state index contributed by atoms with van der Waals surface area (Å²) in [5.41, 5.74) is 0. The molecule has 0 aromatic carbocycles. The van der Waals surface area contributed by atoms with E-state index in [0.29, 0.717) is 6.61 Å². The summed E-state index contributed by atoms with van der Waals surface area (Å²) in [4.78, 5) is 0. The number of hydrogen-bond donors (Lipinski definition) is 2. The normalized spacial score (nSPS) is 15.0. The Balaban J connectivity index is 3.72. The fraction of sp³-hybridized carbons (Fsp3) is 1.00. The highest BCUT2D eigenvalue weighted by Gasteiger charge is 2.18. The van der Waals surface area contributed by atoms with Crippen LogP contribution in [0.25, 0.3) is 0 Å². The van der Waals surface area contributed by atoms with E-state index >= 15 is 0 Å². The molecule has 98 valence electrons. The lowest BCUT2D eigenvalue weighted by Crippen LogP contribution is -2.32. The molecule has 0 rings (SSSR count). The van der Waals surface area contributed by atoms with Gasteiger partial charge in [-0.15, -0.1) is 0 Å². The van der Waals surface area contributed by atoms with Gasteiger partial charge >= 0.3 is 0 Å². The molecule has 0 saturated heterocycles. The predicted octanol–water partition coefficient (Wildman–Crippen LogP) is 2.50. The van der Waals surface area contributed by atoms with Crippen LogP contribution in [-0.4, -0.2) is 35.6 Å². The highest BCUT2D eigenvalue weighted by molar-refractivity contribution is 4.68. The van der Waals surface area contributed by atoms with Gasteiger partial charge in [0.2, 0.25) is 0 Å². The maximum atomic E-state index is 9.60. The lowest BCUT2D eigenvalue weighted by atomic mass is 10.1. The molecule has 3 nitrogen and oxygen atoms in total. The second-order valence-electron chi connectivity index (χ2n) is 4.36. The molecule has 3 heteroatoms. The van der Waals surface area contributed by atoms with Crippen LogP contribution in [0.1, 0.15) is 58.8 Å². The topological polar surface area (TPSA) is 49.7 Å². The minimum atomic E-state index is -0.724. The Bertz CT molecular complexity index is 139. The third kappa shape index (κ3) is 8.08. The quantitative estimate of drug-likeness (QED) is 0.538. The van der Waals surface area contributed by atoms with E-state index in [2.05, 4.69) is 13.8 Å². The van der Waals surface area contributed by atoms with Crippen molar-refractivity contribution in [3.63, 3.8) is 0 Å². The molecule has 0 saturated carbocycles. The molecule has 16 heavy (non-hydrogen) atoms. The number of hydrogen-bond acceptors (Lipinski definition) is 3. The van der Waals surface area contributed by atoms with E-state index < -0.39 is 6.10 Å². The third-order valence-corrected chi connectivity index (χ3v) is 2.79. The van der Waals surface area contributed by atoms with Crippen LogP contribution in [0.5, 0.6) is 0 Å². The second-order valence-corrected chi connectivity index (χ2v) is 4.36. The fourth-order valence-corrected chi connectivity index (χ4v) is 1.69. The fourth-order valence-electron chi connectivity index (χ4n) is 1.69. The zero-order chi connectivity index (χ0) is 12.2. The van der Waals surface area contributed by atoms with Crippen molar-refractivity contribution in [2.45, 2.75) is 71.0 Å². The summed E-state index contributed by atoms with van der Waals surface area (Å²) in [7, 11) is 0. The molecule has 2 atom stereocenters. The van der Waals surface area contributed by atoms with Crippen molar-refractivity contribution in [3.8, 4) is 0 Å². The van der Waals surface area contributed by atoms with E-state index in [0.717, 1.165) is 38.5 Å². The molecule has 0 aliphatic carbocycles. The first kappa shape index (κ1) is 15.9. The van der Waals surface area contributed by atoms with Gasteiger partial charge in [0.1, 0.15) is 6.10 Å². The first-order chi connectivity index (χ1) is 7.76. The Morgan fingerprint density at radius 1 is 1.00 bits per heavy atom.